The molecular formula is C20H18ClF3N2O2S2. The Morgan fingerprint density at radius 2 is 1.97 bits per heavy atom. The Kier molecular flexibility index (Phi) is 5.57. The number of halogens is 4. The van der Waals surface area contributed by atoms with Crippen LogP contribution >= 0.6 is 23.4 Å². The molecule has 0 amide bonds. The van der Waals surface area contributed by atoms with Gasteiger partial charge in [-0.1, -0.05) is 53.2 Å². The Morgan fingerprint density at radius 1 is 1.20 bits per heavy atom. The molecule has 2 aliphatic heterocycles. The molecular weight excluding hydrogens is 457 g/mol. The maximum absolute atomic E-state index is 13.3. The standard InChI is InChI=1S/C20H18ClF3N2O2S2/c1-12-3-2-4-13(7-12)9-29-19-25-16-10-30(27,28)11-18(16)26(19)17-8-14(20(22,23)24)5-6-15(17)21/h2-8,16,18H,9-11H2,1H3/t16-,18-/m0/s1. The number of amidine groups is 1. The zero-order chi connectivity index (χ0) is 21.7. The summed E-state index contributed by atoms with van der Waals surface area (Å²) in [4.78, 5) is 6.14. The highest BCUT2D eigenvalue weighted by Gasteiger charge is 2.48. The number of benzene rings is 2. The van der Waals surface area contributed by atoms with Crippen molar-refractivity contribution in [3.05, 3.63) is 64.2 Å². The molecule has 2 aliphatic rings. The molecule has 0 aromatic heterocycles. The van der Waals surface area contributed by atoms with Gasteiger partial charge in [0.2, 0.25) is 0 Å². The quantitative estimate of drug-likeness (QED) is 0.632. The van der Waals surface area contributed by atoms with E-state index in [1.807, 2.05) is 31.2 Å². The van der Waals surface area contributed by atoms with Crippen molar-refractivity contribution < 1.29 is 21.6 Å². The fourth-order valence-electron chi connectivity index (χ4n) is 3.74. The summed E-state index contributed by atoms with van der Waals surface area (Å²) in [5, 5.41) is 0.611. The second-order valence-electron chi connectivity index (χ2n) is 7.43. The van der Waals surface area contributed by atoms with Crippen molar-refractivity contribution in [1.82, 2.24) is 0 Å². The van der Waals surface area contributed by atoms with Crippen molar-refractivity contribution in [3.8, 4) is 0 Å². The molecule has 0 bridgehead atoms. The summed E-state index contributed by atoms with van der Waals surface area (Å²) < 4.78 is 64.1. The van der Waals surface area contributed by atoms with Gasteiger partial charge in [-0.3, -0.25) is 4.99 Å². The van der Waals surface area contributed by atoms with Crippen molar-refractivity contribution in [2.45, 2.75) is 30.9 Å². The lowest BCUT2D eigenvalue weighted by Gasteiger charge is -2.28. The van der Waals surface area contributed by atoms with Gasteiger partial charge in [0.1, 0.15) is 0 Å². The Hall–Kier alpha value is -1.71. The molecule has 30 heavy (non-hydrogen) atoms. The van der Waals surface area contributed by atoms with Crippen LogP contribution in [0.25, 0.3) is 0 Å². The van der Waals surface area contributed by atoms with Crippen LogP contribution in [-0.4, -0.2) is 37.2 Å². The van der Waals surface area contributed by atoms with Gasteiger partial charge in [-0.25, -0.2) is 8.42 Å². The van der Waals surface area contributed by atoms with Gasteiger partial charge in [-0.2, -0.15) is 13.2 Å². The summed E-state index contributed by atoms with van der Waals surface area (Å²) in [7, 11) is -3.32. The van der Waals surface area contributed by atoms with Crippen LogP contribution in [0, 0.1) is 6.92 Å². The topological polar surface area (TPSA) is 49.7 Å². The summed E-state index contributed by atoms with van der Waals surface area (Å²) in [6, 6.07) is 9.91. The van der Waals surface area contributed by atoms with Gasteiger partial charge in [0.15, 0.2) is 15.0 Å². The number of hydrogen-bond donors (Lipinski definition) is 0. The third-order valence-electron chi connectivity index (χ3n) is 5.09. The third kappa shape index (κ3) is 4.33. The highest BCUT2D eigenvalue weighted by Crippen LogP contribution is 2.41. The molecule has 160 valence electrons. The number of thioether (sulfide) groups is 1. The summed E-state index contributed by atoms with van der Waals surface area (Å²) >= 11 is 7.64. The first-order valence-corrected chi connectivity index (χ1v) is 12.3. The zero-order valence-corrected chi connectivity index (χ0v) is 18.2. The molecule has 0 radical (unpaired) electrons. The Morgan fingerprint density at radius 3 is 2.67 bits per heavy atom. The van der Waals surface area contributed by atoms with Crippen LogP contribution in [0.5, 0.6) is 0 Å². The molecule has 2 heterocycles. The molecule has 1 saturated heterocycles. The van der Waals surface area contributed by atoms with E-state index in [9.17, 15) is 21.6 Å². The highest BCUT2D eigenvalue weighted by molar-refractivity contribution is 8.13. The number of fused-ring (bicyclic) bond motifs is 1. The second-order valence-corrected chi connectivity index (χ2v) is 10.9. The molecule has 2 atom stereocenters. The summed E-state index contributed by atoms with van der Waals surface area (Å²) in [5.41, 5.74) is 1.44. The third-order valence-corrected chi connectivity index (χ3v) is 8.15. The van der Waals surface area contributed by atoms with Gasteiger partial charge in [0.05, 0.1) is 39.9 Å². The van der Waals surface area contributed by atoms with E-state index in [0.717, 1.165) is 23.3 Å². The van der Waals surface area contributed by atoms with E-state index in [2.05, 4.69) is 4.99 Å². The summed E-state index contributed by atoms with van der Waals surface area (Å²) in [6.45, 7) is 1.98. The lowest BCUT2D eigenvalue weighted by molar-refractivity contribution is -0.137. The maximum atomic E-state index is 13.3. The Bertz CT molecular complexity index is 1120. The van der Waals surface area contributed by atoms with E-state index in [0.29, 0.717) is 10.9 Å². The maximum Gasteiger partial charge on any atom is 0.416 e. The Labute approximate surface area is 182 Å². The fraction of sp³-hybridized carbons (Fsp3) is 0.350. The van der Waals surface area contributed by atoms with Gasteiger partial charge < -0.3 is 4.90 Å². The molecule has 4 rings (SSSR count). The average molecular weight is 475 g/mol. The average Bonchev–Trinajstić information content (AvgIpc) is 3.11. The number of anilines is 1. The molecule has 2 aromatic carbocycles. The van der Waals surface area contributed by atoms with Crippen LogP contribution < -0.4 is 4.90 Å². The molecule has 0 aliphatic carbocycles. The van der Waals surface area contributed by atoms with Crippen LogP contribution in [-0.2, 0) is 21.8 Å². The zero-order valence-electron chi connectivity index (χ0n) is 15.9. The van der Waals surface area contributed by atoms with E-state index in [1.165, 1.54) is 17.8 Å². The first-order chi connectivity index (χ1) is 14.0. The normalized spacial score (nSPS) is 22.8. The molecule has 0 unspecified atom stereocenters. The number of alkyl halides is 3. The van der Waals surface area contributed by atoms with Gasteiger partial charge in [-0.15, -0.1) is 0 Å². The molecule has 0 N–H and O–H groups in total. The van der Waals surface area contributed by atoms with Crippen LogP contribution in [0.15, 0.2) is 47.5 Å². The van der Waals surface area contributed by atoms with Crippen molar-refractivity contribution in [3.63, 3.8) is 0 Å². The molecule has 1 fully saturated rings. The molecule has 0 saturated carbocycles. The van der Waals surface area contributed by atoms with Crippen LogP contribution in [0.4, 0.5) is 18.9 Å². The van der Waals surface area contributed by atoms with Crippen molar-refractivity contribution in [2.75, 3.05) is 16.4 Å². The fourth-order valence-corrected chi connectivity index (χ4v) is 6.85. The molecule has 0 spiro atoms. The number of rotatable bonds is 3. The monoisotopic (exact) mass is 474 g/mol. The SMILES string of the molecule is Cc1cccc(CSC2=N[C@H]3CS(=O)(=O)C[C@@H]3N2c2cc(C(F)(F)F)ccc2Cl)c1. The minimum absolute atomic E-state index is 0.112. The number of sulfone groups is 1. The van der Waals surface area contributed by atoms with E-state index in [1.54, 1.807) is 4.90 Å². The number of aliphatic imine (C=N–C) groups is 1. The van der Waals surface area contributed by atoms with Crippen molar-refractivity contribution in [2.24, 2.45) is 4.99 Å². The molecule has 10 heteroatoms. The van der Waals surface area contributed by atoms with E-state index < -0.39 is 33.7 Å². The number of nitrogens with zero attached hydrogens (tertiary/aromatic N) is 2. The lowest BCUT2D eigenvalue weighted by Crippen LogP contribution is -2.39. The van der Waals surface area contributed by atoms with Gasteiger partial charge in [-0.05, 0) is 30.7 Å². The summed E-state index contributed by atoms with van der Waals surface area (Å²) in [6.07, 6.45) is -4.54. The number of hydrogen-bond acceptors (Lipinski definition) is 5. The highest BCUT2D eigenvalue weighted by atomic mass is 35.5. The van der Waals surface area contributed by atoms with E-state index in [4.69, 9.17) is 11.6 Å². The lowest BCUT2D eigenvalue weighted by atomic mass is 10.1. The van der Waals surface area contributed by atoms with Crippen LogP contribution in [0.1, 0.15) is 16.7 Å². The largest absolute Gasteiger partial charge is 0.416 e. The van der Waals surface area contributed by atoms with Gasteiger partial charge in [0.25, 0.3) is 0 Å². The smallest absolute Gasteiger partial charge is 0.313 e. The minimum Gasteiger partial charge on any atom is -0.313 e. The summed E-state index contributed by atoms with van der Waals surface area (Å²) in [5.74, 6) is 0.279. The van der Waals surface area contributed by atoms with Crippen molar-refractivity contribution in [1.29, 1.82) is 0 Å². The number of aryl methyl sites for hydroxylation is 1. The first kappa shape index (κ1) is 21.5. The predicted octanol–water partition coefficient (Wildman–Crippen LogP) is 4.94. The van der Waals surface area contributed by atoms with Crippen LogP contribution in [0.3, 0.4) is 0 Å². The van der Waals surface area contributed by atoms with Gasteiger partial charge in [0, 0.05) is 5.75 Å². The first-order valence-electron chi connectivity index (χ1n) is 9.16. The Balaban J connectivity index is 1.70. The van der Waals surface area contributed by atoms with Crippen LogP contribution in [0.2, 0.25) is 5.02 Å². The van der Waals surface area contributed by atoms with Crippen molar-refractivity contribution >= 4 is 44.1 Å². The van der Waals surface area contributed by atoms with E-state index >= 15 is 0 Å². The minimum atomic E-state index is -4.54. The molecule has 2 aromatic rings. The van der Waals surface area contributed by atoms with E-state index in [-0.39, 0.29) is 22.2 Å². The van der Waals surface area contributed by atoms with Gasteiger partial charge >= 0.3 is 6.18 Å². The molecule has 4 nitrogen and oxygen atoms in total. The predicted molar refractivity (Wildman–Crippen MR) is 115 cm³/mol. The second kappa shape index (κ2) is 7.76.